The molecule has 0 bridgehead atoms. The maximum Gasteiger partial charge on any atom is 0.224 e. The van der Waals surface area contributed by atoms with Crippen molar-refractivity contribution in [3.8, 4) is 0 Å². The molecule has 4 N–H and O–H groups in total. The maximum atomic E-state index is 5.61. The van der Waals surface area contributed by atoms with Crippen LogP contribution in [0.4, 0.5) is 11.8 Å². The zero-order chi connectivity index (χ0) is 12.5. The Morgan fingerprint density at radius 2 is 2.33 bits per heavy atom. The summed E-state index contributed by atoms with van der Waals surface area (Å²) in [6, 6.07) is 0. The first-order valence-corrected chi connectivity index (χ1v) is 5.28. The molecule has 0 unspecified atom stereocenters. The predicted octanol–water partition coefficient (Wildman–Crippen LogP) is -0.324. The van der Waals surface area contributed by atoms with Crippen LogP contribution in [-0.2, 0) is 13.6 Å². The van der Waals surface area contributed by atoms with Gasteiger partial charge in [0.05, 0.1) is 12.9 Å². The van der Waals surface area contributed by atoms with Crippen LogP contribution < -0.4 is 11.1 Å². The lowest BCUT2D eigenvalue weighted by Crippen LogP contribution is -2.05. The molecule has 9 heteroatoms. The number of imidazole rings is 1. The minimum Gasteiger partial charge on any atom is -0.368 e. The Balaban J connectivity index is 1.87. The van der Waals surface area contributed by atoms with Gasteiger partial charge in [0.2, 0.25) is 5.95 Å². The lowest BCUT2D eigenvalue weighted by molar-refractivity contribution is 0.713. The van der Waals surface area contributed by atoms with Crippen LogP contribution in [0.1, 0.15) is 5.69 Å². The molecule has 0 spiro atoms. The van der Waals surface area contributed by atoms with Crippen molar-refractivity contribution in [3.05, 3.63) is 18.2 Å². The Kier molecular flexibility index (Phi) is 2.29. The number of fused-ring (bicyclic) bond motifs is 1. The zero-order valence-electron chi connectivity index (χ0n) is 9.62. The van der Waals surface area contributed by atoms with E-state index in [1.165, 1.54) is 0 Å². The van der Waals surface area contributed by atoms with E-state index in [9.17, 15) is 0 Å². The highest BCUT2D eigenvalue weighted by atomic mass is 15.4. The average Bonchev–Trinajstić information content (AvgIpc) is 2.94. The van der Waals surface area contributed by atoms with Crippen molar-refractivity contribution in [1.82, 2.24) is 34.9 Å². The Hall–Kier alpha value is -2.71. The summed E-state index contributed by atoms with van der Waals surface area (Å²) < 4.78 is 1.64. The number of hydrogen-bond acceptors (Lipinski definition) is 7. The first-order valence-electron chi connectivity index (χ1n) is 5.28. The fourth-order valence-corrected chi connectivity index (χ4v) is 1.63. The number of nitrogens with one attached hydrogen (secondary N) is 2. The van der Waals surface area contributed by atoms with E-state index >= 15 is 0 Å². The number of hydrogen-bond donors (Lipinski definition) is 3. The highest BCUT2D eigenvalue weighted by Crippen LogP contribution is 2.17. The molecular formula is C9H11N9. The van der Waals surface area contributed by atoms with Crippen molar-refractivity contribution in [2.45, 2.75) is 6.54 Å². The summed E-state index contributed by atoms with van der Waals surface area (Å²) in [5.41, 5.74) is 7.66. The van der Waals surface area contributed by atoms with Gasteiger partial charge in [-0.1, -0.05) is 5.21 Å². The van der Waals surface area contributed by atoms with E-state index in [-0.39, 0.29) is 5.95 Å². The normalized spacial score (nSPS) is 10.9. The van der Waals surface area contributed by atoms with Gasteiger partial charge in [-0.05, 0) is 0 Å². The highest BCUT2D eigenvalue weighted by Gasteiger charge is 2.08. The van der Waals surface area contributed by atoms with Crippen molar-refractivity contribution in [2.24, 2.45) is 7.05 Å². The number of aryl methyl sites for hydroxylation is 1. The van der Waals surface area contributed by atoms with Gasteiger partial charge in [0.15, 0.2) is 11.5 Å². The van der Waals surface area contributed by atoms with Crippen LogP contribution in [0.15, 0.2) is 12.5 Å². The molecule has 0 saturated carbocycles. The summed E-state index contributed by atoms with van der Waals surface area (Å²) in [5.74, 6) is 0.775. The largest absolute Gasteiger partial charge is 0.368 e. The maximum absolute atomic E-state index is 5.61. The second kappa shape index (κ2) is 3.95. The van der Waals surface area contributed by atoms with Gasteiger partial charge in [0.1, 0.15) is 11.2 Å². The summed E-state index contributed by atoms with van der Waals surface area (Å²) in [7, 11) is 1.81. The quantitative estimate of drug-likeness (QED) is 0.577. The van der Waals surface area contributed by atoms with Crippen LogP contribution in [0.2, 0.25) is 0 Å². The number of aromatic amines is 1. The number of rotatable bonds is 3. The predicted molar refractivity (Wildman–Crippen MR) is 64.4 cm³/mol. The molecule has 0 atom stereocenters. The molecule has 92 valence electrons. The second-order valence-corrected chi connectivity index (χ2v) is 3.77. The number of H-pyrrole nitrogens is 1. The molecule has 9 nitrogen and oxygen atoms in total. The van der Waals surface area contributed by atoms with Crippen LogP contribution in [0.5, 0.6) is 0 Å². The molecule has 0 aliphatic carbocycles. The minimum absolute atomic E-state index is 0.177. The minimum atomic E-state index is 0.177. The topological polar surface area (TPSA) is 123 Å². The monoisotopic (exact) mass is 245 g/mol. The molecule has 0 fully saturated rings. The number of anilines is 2. The molecule has 3 aromatic heterocycles. The molecule has 0 amide bonds. The van der Waals surface area contributed by atoms with Crippen LogP contribution in [0, 0.1) is 0 Å². The van der Waals surface area contributed by atoms with E-state index in [0.29, 0.717) is 23.5 Å². The zero-order valence-corrected chi connectivity index (χ0v) is 9.62. The van der Waals surface area contributed by atoms with Crippen LogP contribution in [0.25, 0.3) is 11.2 Å². The standard InChI is InChI=1S/C9H11N9/c1-18-3-5(16-17-18)2-11-7-6-8(13-4-12-6)15-9(10)14-7/h3-4H,2H2,1H3,(H4,10,11,12,13,14,15). The highest BCUT2D eigenvalue weighted by molar-refractivity contribution is 5.83. The van der Waals surface area contributed by atoms with Crippen molar-refractivity contribution in [2.75, 3.05) is 11.1 Å². The average molecular weight is 245 g/mol. The summed E-state index contributed by atoms with van der Waals surface area (Å²) in [5, 5.41) is 10.9. The van der Waals surface area contributed by atoms with Crippen molar-refractivity contribution in [3.63, 3.8) is 0 Å². The van der Waals surface area contributed by atoms with E-state index < -0.39 is 0 Å². The molecule has 3 aromatic rings. The summed E-state index contributed by atoms with van der Waals surface area (Å²) in [6.45, 7) is 0.498. The van der Waals surface area contributed by atoms with E-state index in [1.807, 2.05) is 13.2 Å². The van der Waals surface area contributed by atoms with E-state index in [0.717, 1.165) is 5.69 Å². The molecule has 0 aliphatic rings. The number of nitrogen functional groups attached to an aromatic ring is 1. The molecule has 0 aromatic carbocycles. The van der Waals surface area contributed by atoms with Crippen LogP contribution >= 0.6 is 0 Å². The van der Waals surface area contributed by atoms with Gasteiger partial charge in [-0.3, -0.25) is 4.68 Å². The first-order chi connectivity index (χ1) is 8.72. The lowest BCUT2D eigenvalue weighted by Gasteiger charge is -2.04. The van der Waals surface area contributed by atoms with Gasteiger partial charge in [-0.2, -0.15) is 9.97 Å². The second-order valence-electron chi connectivity index (χ2n) is 3.77. The van der Waals surface area contributed by atoms with Gasteiger partial charge in [0, 0.05) is 13.2 Å². The summed E-state index contributed by atoms with van der Waals surface area (Å²) >= 11 is 0. The van der Waals surface area contributed by atoms with Gasteiger partial charge in [-0.25, -0.2) is 4.98 Å². The smallest absolute Gasteiger partial charge is 0.224 e. The van der Waals surface area contributed by atoms with Crippen LogP contribution in [0.3, 0.4) is 0 Å². The molecule has 18 heavy (non-hydrogen) atoms. The third-order valence-electron chi connectivity index (χ3n) is 2.39. The fraction of sp³-hybridized carbons (Fsp3) is 0.222. The van der Waals surface area contributed by atoms with Gasteiger partial charge in [0.25, 0.3) is 0 Å². The van der Waals surface area contributed by atoms with E-state index in [4.69, 9.17) is 5.73 Å². The molecule has 0 radical (unpaired) electrons. The molecule has 3 heterocycles. The molecule has 0 saturated heterocycles. The van der Waals surface area contributed by atoms with E-state index in [1.54, 1.807) is 11.0 Å². The van der Waals surface area contributed by atoms with Crippen LogP contribution in [-0.4, -0.2) is 34.9 Å². The van der Waals surface area contributed by atoms with Crippen molar-refractivity contribution in [1.29, 1.82) is 0 Å². The van der Waals surface area contributed by atoms with Gasteiger partial charge < -0.3 is 16.0 Å². The van der Waals surface area contributed by atoms with Gasteiger partial charge >= 0.3 is 0 Å². The van der Waals surface area contributed by atoms with E-state index in [2.05, 4.69) is 35.6 Å². The Bertz CT molecular complexity index is 682. The van der Waals surface area contributed by atoms with Crippen molar-refractivity contribution < 1.29 is 0 Å². The summed E-state index contributed by atoms with van der Waals surface area (Å²) in [4.78, 5) is 15.1. The number of aromatic nitrogens is 7. The summed E-state index contributed by atoms with van der Waals surface area (Å²) in [6.07, 6.45) is 3.37. The lowest BCUT2D eigenvalue weighted by atomic mass is 10.4. The molecule has 3 rings (SSSR count). The Morgan fingerprint density at radius 1 is 1.44 bits per heavy atom. The number of nitrogens with zero attached hydrogens (tertiary/aromatic N) is 6. The Labute approximate surface area is 101 Å². The third kappa shape index (κ3) is 1.81. The Morgan fingerprint density at radius 3 is 3.11 bits per heavy atom. The first kappa shape index (κ1) is 10.4. The molecule has 0 aliphatic heterocycles. The molecular weight excluding hydrogens is 234 g/mol. The van der Waals surface area contributed by atoms with Gasteiger partial charge in [-0.15, -0.1) is 5.10 Å². The SMILES string of the molecule is Cn1cc(CNc2nc(N)nc3nc[nH]c23)nn1. The number of nitrogens with two attached hydrogens (primary N) is 1. The van der Waals surface area contributed by atoms with Crippen molar-refractivity contribution >= 4 is 22.9 Å². The third-order valence-corrected chi connectivity index (χ3v) is 2.39. The fourth-order valence-electron chi connectivity index (χ4n) is 1.63.